The zero-order valence-electron chi connectivity index (χ0n) is 11.6. The summed E-state index contributed by atoms with van der Waals surface area (Å²) in [5.74, 6) is 0.156. The van der Waals surface area contributed by atoms with Gasteiger partial charge in [0, 0.05) is 13.1 Å². The number of halogens is 1. The molecule has 108 valence electrons. The number of hydrogen-bond acceptors (Lipinski definition) is 1. The summed E-state index contributed by atoms with van der Waals surface area (Å²) in [4.78, 5) is 5.78. The molecule has 0 fully saturated rings. The van der Waals surface area contributed by atoms with Crippen LogP contribution in [0, 0.1) is 5.41 Å². The molecule has 0 amide bonds. The van der Waals surface area contributed by atoms with Gasteiger partial charge in [-0.15, -0.1) is 12.4 Å². The van der Waals surface area contributed by atoms with Crippen molar-refractivity contribution in [3.63, 3.8) is 0 Å². The molecule has 0 saturated heterocycles. The minimum atomic E-state index is -0.0361. The lowest BCUT2D eigenvalue weighted by Crippen LogP contribution is -2.34. The number of unbranched alkanes of at least 4 members (excludes halogenated alkanes) is 4. The lowest BCUT2D eigenvalue weighted by atomic mass is 10.2. The van der Waals surface area contributed by atoms with Gasteiger partial charge in [-0.3, -0.25) is 5.41 Å². The summed E-state index contributed by atoms with van der Waals surface area (Å²) in [7, 11) is 0. The summed E-state index contributed by atoms with van der Waals surface area (Å²) in [6, 6.07) is 0. The van der Waals surface area contributed by atoms with Gasteiger partial charge in [-0.1, -0.05) is 39.5 Å². The highest BCUT2D eigenvalue weighted by molar-refractivity contribution is 5.91. The summed E-state index contributed by atoms with van der Waals surface area (Å²) in [5.41, 5.74) is 10.6. The first-order valence-electron chi connectivity index (χ1n) is 6.54. The highest BCUT2D eigenvalue weighted by Gasteiger charge is 2.08. The first-order chi connectivity index (χ1) is 8.11. The zero-order valence-corrected chi connectivity index (χ0v) is 12.4. The van der Waals surface area contributed by atoms with E-state index in [4.69, 9.17) is 16.9 Å². The minimum Gasteiger partial charge on any atom is -0.370 e. The summed E-state index contributed by atoms with van der Waals surface area (Å²) in [6.07, 6.45) is 6.89. The van der Waals surface area contributed by atoms with Crippen molar-refractivity contribution in [2.75, 3.05) is 13.1 Å². The average Bonchev–Trinajstić information content (AvgIpc) is 2.26. The summed E-state index contributed by atoms with van der Waals surface area (Å²) >= 11 is 0. The zero-order chi connectivity index (χ0) is 13.1. The summed E-state index contributed by atoms with van der Waals surface area (Å²) < 4.78 is 0. The molecule has 0 aromatic rings. The first kappa shape index (κ1) is 19.4. The van der Waals surface area contributed by atoms with Gasteiger partial charge in [0.05, 0.1) is 0 Å². The summed E-state index contributed by atoms with van der Waals surface area (Å²) in [5, 5.41) is 7.83. The van der Waals surface area contributed by atoms with Crippen LogP contribution in [0.1, 0.15) is 52.4 Å². The maximum absolute atomic E-state index is 7.83. The van der Waals surface area contributed by atoms with Crippen LogP contribution in [0.3, 0.4) is 0 Å². The molecule has 0 aliphatic carbocycles. The second-order valence-electron chi connectivity index (χ2n) is 4.26. The fraction of sp³-hybridized carbons (Fsp3) is 0.833. The van der Waals surface area contributed by atoms with Gasteiger partial charge >= 0.3 is 0 Å². The van der Waals surface area contributed by atoms with E-state index in [-0.39, 0.29) is 24.3 Å². The quantitative estimate of drug-likeness (QED) is 0.361. The standard InChI is InChI=1S/C12H27N5.ClH/c1-3-5-7-9-17(10-8-6-4-2)12(15)16-11(13)14;/h3-10H2,1-2H3,(H5,13,14,15,16);1H. The first-order valence-corrected chi connectivity index (χ1v) is 6.54. The van der Waals surface area contributed by atoms with Crippen LogP contribution < -0.4 is 11.5 Å². The van der Waals surface area contributed by atoms with Gasteiger partial charge in [0.15, 0.2) is 5.96 Å². The number of rotatable bonds is 8. The van der Waals surface area contributed by atoms with Gasteiger partial charge in [0.2, 0.25) is 5.96 Å². The molecule has 18 heavy (non-hydrogen) atoms. The fourth-order valence-electron chi connectivity index (χ4n) is 1.62. The van der Waals surface area contributed by atoms with Crippen molar-refractivity contribution in [1.29, 1.82) is 5.41 Å². The predicted molar refractivity (Wildman–Crippen MR) is 81.4 cm³/mol. The van der Waals surface area contributed by atoms with Crippen molar-refractivity contribution in [2.45, 2.75) is 52.4 Å². The molecule has 0 aliphatic heterocycles. The molecule has 5 N–H and O–H groups in total. The normalized spacial score (nSPS) is 9.44. The molecule has 0 radical (unpaired) electrons. The Hall–Kier alpha value is -0.970. The molecule has 0 unspecified atom stereocenters. The van der Waals surface area contributed by atoms with E-state index in [1.54, 1.807) is 0 Å². The topological polar surface area (TPSA) is 91.5 Å². The van der Waals surface area contributed by atoms with Crippen molar-refractivity contribution < 1.29 is 0 Å². The largest absolute Gasteiger partial charge is 0.370 e. The number of guanidine groups is 2. The van der Waals surface area contributed by atoms with E-state index in [2.05, 4.69) is 18.8 Å². The fourth-order valence-corrected chi connectivity index (χ4v) is 1.62. The molecule has 5 nitrogen and oxygen atoms in total. The molecule has 6 heteroatoms. The minimum absolute atomic E-state index is 0. The Morgan fingerprint density at radius 2 is 1.44 bits per heavy atom. The monoisotopic (exact) mass is 277 g/mol. The number of nitrogens with two attached hydrogens (primary N) is 2. The molecule has 0 rings (SSSR count). The number of hydrogen-bond donors (Lipinski definition) is 3. The molecule has 0 heterocycles. The maximum atomic E-state index is 7.83. The molecular formula is C12H28ClN5. The Bertz CT molecular complexity index is 229. The second-order valence-corrected chi connectivity index (χ2v) is 4.26. The third-order valence-corrected chi connectivity index (χ3v) is 2.60. The highest BCUT2D eigenvalue weighted by Crippen LogP contribution is 2.03. The number of nitrogens with zero attached hydrogens (tertiary/aromatic N) is 2. The van der Waals surface area contributed by atoms with Crippen molar-refractivity contribution in [3.05, 3.63) is 0 Å². The van der Waals surface area contributed by atoms with Gasteiger partial charge in [0.1, 0.15) is 0 Å². The number of nitrogens with one attached hydrogen (secondary N) is 1. The Morgan fingerprint density at radius 1 is 1.00 bits per heavy atom. The van der Waals surface area contributed by atoms with Crippen LogP contribution in [0.15, 0.2) is 4.99 Å². The van der Waals surface area contributed by atoms with E-state index in [1.165, 1.54) is 25.7 Å². The van der Waals surface area contributed by atoms with Crippen molar-refractivity contribution in [2.24, 2.45) is 16.5 Å². The Kier molecular flexibility index (Phi) is 13.4. The van der Waals surface area contributed by atoms with Gasteiger partial charge in [-0.05, 0) is 12.8 Å². The average molecular weight is 278 g/mol. The Balaban J connectivity index is 0. The Labute approximate surface area is 117 Å². The van der Waals surface area contributed by atoms with E-state index in [1.807, 2.05) is 4.90 Å². The molecule has 0 aromatic heterocycles. The van der Waals surface area contributed by atoms with Gasteiger partial charge in [0.25, 0.3) is 0 Å². The van der Waals surface area contributed by atoms with Crippen LogP contribution in [0.4, 0.5) is 0 Å². The van der Waals surface area contributed by atoms with Crippen LogP contribution in [-0.4, -0.2) is 29.9 Å². The maximum Gasteiger partial charge on any atom is 0.221 e. The van der Waals surface area contributed by atoms with Crippen LogP contribution in [0.2, 0.25) is 0 Å². The molecule has 0 aromatic carbocycles. The van der Waals surface area contributed by atoms with E-state index in [0.717, 1.165) is 25.9 Å². The lowest BCUT2D eigenvalue weighted by molar-refractivity contribution is 0.384. The molecule has 0 bridgehead atoms. The third-order valence-electron chi connectivity index (χ3n) is 2.60. The SMILES string of the molecule is CCCCCN(CCCCC)C(=N)N=C(N)N.Cl. The second kappa shape index (κ2) is 12.5. The third kappa shape index (κ3) is 10.2. The van der Waals surface area contributed by atoms with Gasteiger partial charge in [-0.2, -0.15) is 4.99 Å². The smallest absolute Gasteiger partial charge is 0.221 e. The highest BCUT2D eigenvalue weighted by atomic mass is 35.5. The molecule has 0 atom stereocenters. The van der Waals surface area contributed by atoms with Gasteiger partial charge < -0.3 is 16.4 Å². The van der Waals surface area contributed by atoms with Crippen molar-refractivity contribution in [1.82, 2.24) is 4.90 Å². The van der Waals surface area contributed by atoms with E-state index in [9.17, 15) is 0 Å². The molecule has 0 saturated carbocycles. The molecular weight excluding hydrogens is 250 g/mol. The predicted octanol–water partition coefficient (Wildman–Crippen LogP) is 2.30. The van der Waals surface area contributed by atoms with Crippen LogP contribution in [0.25, 0.3) is 0 Å². The van der Waals surface area contributed by atoms with Crippen LogP contribution >= 0.6 is 12.4 Å². The lowest BCUT2D eigenvalue weighted by Gasteiger charge is -2.22. The number of aliphatic imine (C=N–C) groups is 1. The molecule has 0 spiro atoms. The summed E-state index contributed by atoms with van der Waals surface area (Å²) in [6.45, 7) is 6.08. The van der Waals surface area contributed by atoms with E-state index < -0.39 is 0 Å². The Morgan fingerprint density at radius 3 is 1.78 bits per heavy atom. The van der Waals surface area contributed by atoms with E-state index in [0.29, 0.717) is 0 Å². The van der Waals surface area contributed by atoms with Crippen molar-refractivity contribution >= 4 is 24.3 Å². The van der Waals surface area contributed by atoms with Crippen LogP contribution in [0.5, 0.6) is 0 Å². The van der Waals surface area contributed by atoms with E-state index >= 15 is 0 Å². The molecule has 0 aliphatic rings. The van der Waals surface area contributed by atoms with Crippen LogP contribution in [-0.2, 0) is 0 Å². The van der Waals surface area contributed by atoms with Gasteiger partial charge in [-0.25, -0.2) is 0 Å². The van der Waals surface area contributed by atoms with Crippen molar-refractivity contribution in [3.8, 4) is 0 Å².